The van der Waals surface area contributed by atoms with Crippen LogP contribution in [0.5, 0.6) is 0 Å². The highest BCUT2D eigenvalue weighted by Crippen LogP contribution is 2.42. The van der Waals surface area contributed by atoms with Gasteiger partial charge in [-0.2, -0.15) is 0 Å². The number of nitro groups is 1. The average molecular weight is 271 g/mol. The van der Waals surface area contributed by atoms with Crippen molar-refractivity contribution >= 4 is 10.9 Å². The third kappa shape index (κ3) is 1.43. The zero-order valence-corrected chi connectivity index (χ0v) is 11.5. The van der Waals surface area contributed by atoms with Gasteiger partial charge in [0.05, 0.1) is 12.2 Å². The van der Waals surface area contributed by atoms with Gasteiger partial charge >= 0.3 is 0 Å². The molecule has 0 N–H and O–H groups in total. The van der Waals surface area contributed by atoms with E-state index < -0.39 is 0 Å². The first kappa shape index (κ1) is 11.8. The zero-order valence-electron chi connectivity index (χ0n) is 11.5. The van der Waals surface area contributed by atoms with Crippen molar-refractivity contribution in [2.24, 2.45) is 0 Å². The normalized spacial score (nSPS) is 21.1. The highest BCUT2D eigenvalue weighted by Gasteiger charge is 2.39. The minimum absolute atomic E-state index is 0.0461. The Morgan fingerprint density at radius 3 is 3.00 bits per heavy atom. The molecule has 0 saturated heterocycles. The molecule has 4 rings (SSSR count). The number of benzene rings is 1. The topological polar surface area (TPSA) is 51.3 Å². The molecule has 1 atom stereocenters. The second-order valence-corrected chi connectivity index (χ2v) is 5.84. The first-order valence-electron chi connectivity index (χ1n) is 7.19. The molecule has 2 heterocycles. The number of nitrogens with zero attached hydrogens (tertiary/aromatic N) is 3. The van der Waals surface area contributed by atoms with E-state index in [9.17, 15) is 10.1 Å². The zero-order chi connectivity index (χ0) is 13.9. The second kappa shape index (κ2) is 3.98. The van der Waals surface area contributed by atoms with Gasteiger partial charge in [-0.05, 0) is 43.9 Å². The summed E-state index contributed by atoms with van der Waals surface area (Å²) in [6.07, 6.45) is 2.97. The smallest absolute Gasteiger partial charge is 0.160 e. The van der Waals surface area contributed by atoms with Crippen molar-refractivity contribution in [2.75, 3.05) is 6.54 Å². The summed E-state index contributed by atoms with van der Waals surface area (Å²) in [4.78, 5) is 11.3. The minimum Gasteiger partial charge on any atom is -0.340 e. The van der Waals surface area contributed by atoms with Crippen LogP contribution in [0.25, 0.3) is 10.9 Å². The minimum atomic E-state index is -0.216. The SMILES string of the molecule is Cc1ccc2c(c1)c1c3n2CCN([N+](=O)[O-])[C@H]3CCC1. The number of aryl methyl sites for hydroxylation is 2. The van der Waals surface area contributed by atoms with Crippen molar-refractivity contribution in [1.82, 2.24) is 9.58 Å². The maximum Gasteiger partial charge on any atom is 0.160 e. The van der Waals surface area contributed by atoms with E-state index in [1.165, 1.54) is 32.7 Å². The fraction of sp³-hybridized carbons (Fsp3) is 0.467. The lowest BCUT2D eigenvalue weighted by Gasteiger charge is -2.34. The fourth-order valence-electron chi connectivity index (χ4n) is 3.90. The van der Waals surface area contributed by atoms with Crippen molar-refractivity contribution in [1.29, 1.82) is 0 Å². The average Bonchev–Trinajstić information content (AvgIpc) is 2.75. The Morgan fingerprint density at radius 1 is 1.35 bits per heavy atom. The van der Waals surface area contributed by atoms with Crippen LogP contribution >= 0.6 is 0 Å². The lowest BCUT2D eigenvalue weighted by atomic mass is 9.90. The van der Waals surface area contributed by atoms with Crippen LogP contribution in [0.3, 0.4) is 0 Å². The summed E-state index contributed by atoms with van der Waals surface area (Å²) >= 11 is 0. The molecular weight excluding hydrogens is 254 g/mol. The summed E-state index contributed by atoms with van der Waals surface area (Å²) in [6.45, 7) is 3.32. The van der Waals surface area contributed by atoms with E-state index in [1.54, 1.807) is 0 Å². The Bertz CT molecular complexity index is 719. The van der Waals surface area contributed by atoms with Gasteiger partial charge in [-0.25, -0.2) is 10.1 Å². The second-order valence-electron chi connectivity index (χ2n) is 5.84. The van der Waals surface area contributed by atoms with Gasteiger partial charge in [0.25, 0.3) is 0 Å². The predicted octanol–water partition coefficient (Wildman–Crippen LogP) is 2.83. The van der Waals surface area contributed by atoms with Gasteiger partial charge in [0.1, 0.15) is 6.04 Å². The molecule has 0 amide bonds. The highest BCUT2D eigenvalue weighted by atomic mass is 16.7. The molecule has 1 aliphatic heterocycles. The molecule has 1 aromatic heterocycles. The standard InChI is InChI=1S/C15H17N3O2/c1-10-5-6-13-12(9-10)11-3-2-4-14-15(11)16(13)7-8-17(14)18(19)20/h5-6,9,14H,2-4,7-8H2,1H3/t14-/m0/s1. The Kier molecular flexibility index (Phi) is 2.34. The third-order valence-electron chi connectivity index (χ3n) is 4.71. The van der Waals surface area contributed by atoms with E-state index in [0.717, 1.165) is 19.3 Å². The molecule has 1 aromatic carbocycles. The van der Waals surface area contributed by atoms with Crippen LogP contribution < -0.4 is 0 Å². The summed E-state index contributed by atoms with van der Waals surface area (Å²) in [5, 5.41) is 13.8. The van der Waals surface area contributed by atoms with E-state index >= 15 is 0 Å². The first-order valence-corrected chi connectivity index (χ1v) is 7.19. The van der Waals surface area contributed by atoms with Gasteiger partial charge < -0.3 is 4.57 Å². The fourth-order valence-corrected chi connectivity index (χ4v) is 3.90. The van der Waals surface area contributed by atoms with E-state index in [4.69, 9.17) is 0 Å². The molecule has 2 aromatic rings. The maximum absolute atomic E-state index is 11.3. The van der Waals surface area contributed by atoms with Crippen molar-refractivity contribution in [3.8, 4) is 0 Å². The quantitative estimate of drug-likeness (QED) is 0.592. The van der Waals surface area contributed by atoms with Crippen LogP contribution in [0.15, 0.2) is 18.2 Å². The van der Waals surface area contributed by atoms with Gasteiger partial charge in [-0.3, -0.25) is 0 Å². The molecule has 1 aliphatic carbocycles. The molecule has 0 saturated carbocycles. The molecule has 104 valence electrons. The summed E-state index contributed by atoms with van der Waals surface area (Å²) in [6, 6.07) is 6.48. The van der Waals surface area contributed by atoms with Crippen LogP contribution in [-0.4, -0.2) is 21.2 Å². The molecular formula is C15H17N3O2. The molecule has 20 heavy (non-hydrogen) atoms. The van der Waals surface area contributed by atoms with E-state index in [-0.39, 0.29) is 11.1 Å². The van der Waals surface area contributed by atoms with Gasteiger partial charge in [-0.15, -0.1) is 5.01 Å². The lowest BCUT2D eigenvalue weighted by molar-refractivity contribution is -0.668. The van der Waals surface area contributed by atoms with E-state index in [2.05, 4.69) is 29.7 Å². The Balaban J connectivity index is 2.00. The van der Waals surface area contributed by atoms with Crippen LogP contribution in [-0.2, 0) is 13.0 Å². The van der Waals surface area contributed by atoms with Gasteiger partial charge in [0.15, 0.2) is 5.03 Å². The largest absolute Gasteiger partial charge is 0.340 e. The maximum atomic E-state index is 11.3. The molecule has 0 radical (unpaired) electrons. The Morgan fingerprint density at radius 2 is 2.20 bits per heavy atom. The van der Waals surface area contributed by atoms with Crippen LogP contribution in [0.2, 0.25) is 0 Å². The highest BCUT2D eigenvalue weighted by molar-refractivity contribution is 5.87. The number of aromatic nitrogens is 1. The molecule has 0 bridgehead atoms. The van der Waals surface area contributed by atoms with Crippen LogP contribution in [0.1, 0.15) is 35.7 Å². The van der Waals surface area contributed by atoms with Crippen molar-refractivity contribution in [3.05, 3.63) is 45.1 Å². The Hall–Kier alpha value is -2.04. The number of hydrazine groups is 1. The molecule has 0 spiro atoms. The summed E-state index contributed by atoms with van der Waals surface area (Å²) in [5.74, 6) is 0. The van der Waals surface area contributed by atoms with Crippen LogP contribution in [0.4, 0.5) is 0 Å². The van der Waals surface area contributed by atoms with Gasteiger partial charge in [0, 0.05) is 17.4 Å². The summed E-state index contributed by atoms with van der Waals surface area (Å²) in [5.41, 5.74) is 5.03. The number of rotatable bonds is 1. The van der Waals surface area contributed by atoms with E-state index in [0.29, 0.717) is 13.1 Å². The van der Waals surface area contributed by atoms with Crippen molar-refractivity contribution in [2.45, 2.75) is 38.8 Å². The summed E-state index contributed by atoms with van der Waals surface area (Å²) in [7, 11) is 0. The third-order valence-corrected chi connectivity index (χ3v) is 4.71. The molecule has 2 aliphatic rings. The van der Waals surface area contributed by atoms with Crippen molar-refractivity contribution < 1.29 is 5.03 Å². The molecule has 0 unspecified atom stereocenters. The number of hydrogen-bond donors (Lipinski definition) is 0. The number of hydrogen-bond acceptors (Lipinski definition) is 2. The van der Waals surface area contributed by atoms with Gasteiger partial charge in [-0.1, -0.05) is 11.6 Å². The number of fused-ring (bicyclic) bond motifs is 3. The van der Waals surface area contributed by atoms with E-state index in [1.807, 2.05) is 0 Å². The first-order chi connectivity index (χ1) is 9.66. The summed E-state index contributed by atoms with van der Waals surface area (Å²) < 4.78 is 2.31. The molecule has 0 fully saturated rings. The molecule has 5 nitrogen and oxygen atoms in total. The molecule has 5 heteroatoms. The monoisotopic (exact) mass is 271 g/mol. The van der Waals surface area contributed by atoms with Crippen LogP contribution in [0, 0.1) is 17.0 Å². The Labute approximate surface area is 116 Å². The van der Waals surface area contributed by atoms with Crippen molar-refractivity contribution in [3.63, 3.8) is 0 Å². The lowest BCUT2D eigenvalue weighted by Crippen LogP contribution is -2.43. The van der Waals surface area contributed by atoms with Gasteiger partial charge in [0.2, 0.25) is 0 Å². The predicted molar refractivity (Wildman–Crippen MR) is 76.1 cm³/mol.